The van der Waals surface area contributed by atoms with E-state index in [0.29, 0.717) is 51.9 Å². The Morgan fingerprint density at radius 2 is 1.55 bits per heavy atom. The van der Waals surface area contributed by atoms with Crippen molar-refractivity contribution in [3.8, 4) is 0 Å². The first-order valence-electron chi connectivity index (χ1n) is 12.0. The van der Waals surface area contributed by atoms with Gasteiger partial charge in [-0.25, -0.2) is 4.90 Å². The molecular weight excluding hydrogens is 569 g/mol. The summed E-state index contributed by atoms with van der Waals surface area (Å²) in [5, 5.41) is 0.830. The third-order valence-corrected chi connectivity index (χ3v) is 10.1. The molecule has 3 aliphatic rings. The van der Waals surface area contributed by atoms with Crippen LogP contribution in [0.25, 0.3) is 0 Å². The molecule has 3 atom stereocenters. The van der Waals surface area contributed by atoms with E-state index in [1.54, 1.807) is 41.3 Å². The Hall–Kier alpha value is -2.63. The third kappa shape index (κ3) is 4.38. The van der Waals surface area contributed by atoms with Crippen LogP contribution in [0.2, 0.25) is 10.0 Å². The number of fused-ring (bicyclic) bond motifs is 2. The second-order valence-corrected chi connectivity index (χ2v) is 12.2. The first kappa shape index (κ1) is 25.6. The summed E-state index contributed by atoms with van der Waals surface area (Å²) in [6.07, 6.45) is 0. The molecule has 0 spiro atoms. The summed E-state index contributed by atoms with van der Waals surface area (Å²) in [4.78, 5) is 57.1. The number of amides is 3. The smallest absolute Gasteiger partial charge is 0.308 e. The molecule has 2 aromatic carbocycles. The number of imide groups is 1. The maximum atomic E-state index is 13.9. The van der Waals surface area contributed by atoms with Gasteiger partial charge in [-0.05, 0) is 42.0 Å². The number of thioether (sulfide) groups is 1. The molecule has 12 heteroatoms. The fourth-order valence-corrected chi connectivity index (χ4v) is 8.20. The fourth-order valence-electron chi connectivity index (χ4n) is 5.18. The van der Waals surface area contributed by atoms with Crippen molar-refractivity contribution in [2.45, 2.75) is 22.7 Å². The first-order chi connectivity index (χ1) is 18.3. The SMILES string of the molecule is O=C(Cn1c2c(sc1=O)[C@@H](c1ccc(Cl)cc1)[C@@H]1C(=O)N(c3ccc(Cl)cc3)C(=O)[C@@H]1S2)N1CCOCC1. The van der Waals surface area contributed by atoms with Gasteiger partial charge in [0.1, 0.15) is 11.8 Å². The van der Waals surface area contributed by atoms with E-state index in [2.05, 4.69) is 0 Å². The number of anilines is 1. The Kier molecular flexibility index (Phi) is 6.86. The predicted octanol–water partition coefficient (Wildman–Crippen LogP) is 3.87. The first-order valence-corrected chi connectivity index (χ1v) is 14.4. The van der Waals surface area contributed by atoms with Crippen LogP contribution in [0.5, 0.6) is 0 Å². The lowest BCUT2D eigenvalue weighted by molar-refractivity contribution is -0.136. The zero-order valence-corrected chi connectivity index (χ0v) is 23.0. The molecule has 0 radical (unpaired) electrons. The molecule has 38 heavy (non-hydrogen) atoms. The van der Waals surface area contributed by atoms with Crippen molar-refractivity contribution < 1.29 is 19.1 Å². The van der Waals surface area contributed by atoms with Crippen LogP contribution in [0.1, 0.15) is 16.4 Å². The summed E-state index contributed by atoms with van der Waals surface area (Å²) in [6, 6.07) is 13.7. The molecule has 0 saturated carbocycles. The Balaban J connectivity index is 1.43. The standard InChI is InChI=1S/C26H21Cl2N3O5S2/c27-15-3-1-14(2-4-15)19-20-21(24(34)31(23(20)33)17-7-5-16(28)6-8-17)37-25-22(19)38-26(35)30(25)13-18(32)29-9-11-36-12-10-29/h1-8,19-21H,9-13H2/t19-,20-,21+/m0/s1. The van der Waals surface area contributed by atoms with E-state index < -0.39 is 17.1 Å². The Labute approximate surface area is 236 Å². The highest BCUT2D eigenvalue weighted by Crippen LogP contribution is 2.54. The molecule has 196 valence electrons. The third-order valence-electron chi connectivity index (χ3n) is 7.02. The lowest BCUT2D eigenvalue weighted by Gasteiger charge is -2.31. The van der Waals surface area contributed by atoms with Gasteiger partial charge in [-0.1, -0.05) is 58.4 Å². The number of benzene rings is 2. The summed E-state index contributed by atoms with van der Waals surface area (Å²) >= 11 is 14.4. The van der Waals surface area contributed by atoms with Crippen LogP contribution in [0.3, 0.4) is 0 Å². The molecule has 2 saturated heterocycles. The van der Waals surface area contributed by atoms with Crippen LogP contribution < -0.4 is 9.77 Å². The van der Waals surface area contributed by atoms with Crippen molar-refractivity contribution in [2.75, 3.05) is 31.2 Å². The average molecular weight is 591 g/mol. The lowest BCUT2D eigenvalue weighted by atomic mass is 9.83. The average Bonchev–Trinajstić information content (AvgIpc) is 3.36. The zero-order chi connectivity index (χ0) is 26.6. The Morgan fingerprint density at radius 3 is 2.21 bits per heavy atom. The van der Waals surface area contributed by atoms with Crippen molar-refractivity contribution in [2.24, 2.45) is 5.92 Å². The molecule has 3 aromatic rings. The number of carbonyl (C=O) groups is 3. The lowest BCUT2D eigenvalue weighted by Crippen LogP contribution is -2.43. The van der Waals surface area contributed by atoms with Crippen LogP contribution in [-0.2, 0) is 25.7 Å². The van der Waals surface area contributed by atoms with Crippen LogP contribution in [0.4, 0.5) is 5.69 Å². The zero-order valence-electron chi connectivity index (χ0n) is 19.8. The Morgan fingerprint density at radius 1 is 0.921 bits per heavy atom. The summed E-state index contributed by atoms with van der Waals surface area (Å²) in [5.74, 6) is -2.14. The van der Waals surface area contributed by atoms with Crippen LogP contribution >= 0.6 is 46.3 Å². The van der Waals surface area contributed by atoms with Gasteiger partial charge in [0.15, 0.2) is 0 Å². The minimum atomic E-state index is -0.759. The molecular formula is C26H21Cl2N3O5S2. The summed E-state index contributed by atoms with van der Waals surface area (Å²) in [5.41, 5.74) is 1.22. The van der Waals surface area contributed by atoms with Gasteiger partial charge < -0.3 is 9.64 Å². The van der Waals surface area contributed by atoms with E-state index in [1.807, 2.05) is 12.1 Å². The molecule has 0 N–H and O–H groups in total. The van der Waals surface area contributed by atoms with Gasteiger partial charge in [-0.15, -0.1) is 0 Å². The second kappa shape index (κ2) is 10.2. The molecule has 0 bridgehead atoms. The van der Waals surface area contributed by atoms with E-state index in [9.17, 15) is 19.2 Å². The van der Waals surface area contributed by atoms with E-state index in [1.165, 1.54) is 21.2 Å². The second-order valence-electron chi connectivity index (χ2n) is 9.20. The molecule has 3 amide bonds. The number of hydrogen-bond acceptors (Lipinski definition) is 7. The quantitative estimate of drug-likeness (QED) is 0.429. The van der Waals surface area contributed by atoms with Gasteiger partial charge in [0.05, 0.1) is 29.8 Å². The molecule has 3 aliphatic heterocycles. The van der Waals surface area contributed by atoms with Crippen molar-refractivity contribution in [1.29, 1.82) is 0 Å². The van der Waals surface area contributed by atoms with E-state index in [4.69, 9.17) is 27.9 Å². The number of halogens is 2. The van der Waals surface area contributed by atoms with Crippen molar-refractivity contribution in [3.63, 3.8) is 0 Å². The number of carbonyl (C=O) groups excluding carboxylic acids is 3. The highest BCUT2D eigenvalue weighted by Gasteiger charge is 2.56. The van der Waals surface area contributed by atoms with Gasteiger partial charge in [0.25, 0.3) is 0 Å². The van der Waals surface area contributed by atoms with E-state index in [0.717, 1.165) is 16.9 Å². The fraction of sp³-hybridized carbons (Fsp3) is 0.308. The molecule has 1 aromatic heterocycles. The number of hydrogen-bond donors (Lipinski definition) is 0. The topological polar surface area (TPSA) is 88.9 Å². The highest BCUT2D eigenvalue weighted by atomic mass is 35.5. The molecule has 0 aliphatic carbocycles. The van der Waals surface area contributed by atoms with Crippen LogP contribution in [-0.4, -0.2) is 58.7 Å². The minimum Gasteiger partial charge on any atom is -0.378 e. The number of morpholine rings is 1. The molecule has 0 unspecified atom stereocenters. The normalized spacial score (nSPS) is 22.9. The Bertz CT molecular complexity index is 1480. The number of aromatic nitrogens is 1. The predicted molar refractivity (Wildman–Crippen MR) is 146 cm³/mol. The van der Waals surface area contributed by atoms with E-state index in [-0.39, 0.29) is 29.1 Å². The van der Waals surface area contributed by atoms with Gasteiger partial charge >= 0.3 is 4.87 Å². The molecule has 6 rings (SSSR count). The largest absolute Gasteiger partial charge is 0.378 e. The molecule has 8 nitrogen and oxygen atoms in total. The minimum absolute atomic E-state index is 0.134. The summed E-state index contributed by atoms with van der Waals surface area (Å²) < 4.78 is 6.79. The monoisotopic (exact) mass is 589 g/mol. The van der Waals surface area contributed by atoms with Crippen molar-refractivity contribution in [1.82, 2.24) is 9.47 Å². The maximum absolute atomic E-state index is 13.9. The van der Waals surface area contributed by atoms with Crippen LogP contribution in [0, 0.1) is 5.92 Å². The summed E-state index contributed by atoms with van der Waals surface area (Å²) in [7, 11) is 0. The number of ether oxygens (including phenoxy) is 1. The number of thiazole rings is 1. The van der Waals surface area contributed by atoms with E-state index >= 15 is 0 Å². The highest BCUT2D eigenvalue weighted by molar-refractivity contribution is 8.00. The van der Waals surface area contributed by atoms with Gasteiger partial charge in [0, 0.05) is 33.9 Å². The summed E-state index contributed by atoms with van der Waals surface area (Å²) in [6.45, 7) is 1.71. The van der Waals surface area contributed by atoms with Gasteiger partial charge in [-0.2, -0.15) is 0 Å². The number of nitrogens with zero attached hydrogens (tertiary/aromatic N) is 3. The number of rotatable bonds is 4. The van der Waals surface area contributed by atoms with Gasteiger partial charge in [-0.3, -0.25) is 23.7 Å². The van der Waals surface area contributed by atoms with Crippen molar-refractivity contribution >= 4 is 69.7 Å². The molecule has 4 heterocycles. The van der Waals surface area contributed by atoms with Gasteiger partial charge in [0.2, 0.25) is 17.7 Å². The molecule has 2 fully saturated rings. The maximum Gasteiger partial charge on any atom is 0.308 e. The van der Waals surface area contributed by atoms with Crippen LogP contribution in [0.15, 0.2) is 58.4 Å². The van der Waals surface area contributed by atoms with Crippen molar-refractivity contribution in [3.05, 3.63) is 78.7 Å².